The fourth-order valence-corrected chi connectivity index (χ4v) is 1.86. The van der Waals surface area contributed by atoms with Crippen LogP contribution >= 0.6 is 24.2 Å². The van der Waals surface area contributed by atoms with Crippen LogP contribution in [0.25, 0.3) is 0 Å². The topological polar surface area (TPSA) is 29.1 Å². The molecule has 0 radical (unpaired) electrons. The van der Waals surface area contributed by atoms with Gasteiger partial charge in [-0.25, -0.2) is 4.39 Å². The van der Waals surface area contributed by atoms with Gasteiger partial charge in [-0.3, -0.25) is 4.79 Å². The van der Waals surface area contributed by atoms with E-state index in [1.54, 1.807) is 24.3 Å². The number of thiol groups is 1. The zero-order valence-corrected chi connectivity index (χ0v) is 10.8. The van der Waals surface area contributed by atoms with E-state index in [0.29, 0.717) is 21.2 Å². The molecule has 2 aromatic rings. The molecule has 5 heteroatoms. The van der Waals surface area contributed by atoms with Crippen molar-refractivity contribution >= 4 is 35.8 Å². The monoisotopic (exact) mass is 281 g/mol. The maximum absolute atomic E-state index is 13.0. The van der Waals surface area contributed by atoms with Crippen molar-refractivity contribution < 1.29 is 9.18 Å². The molecule has 0 saturated heterocycles. The summed E-state index contributed by atoms with van der Waals surface area (Å²) >= 11 is 10.1. The molecule has 92 valence electrons. The largest absolute Gasteiger partial charge is 0.322 e. The highest BCUT2D eigenvalue weighted by atomic mass is 35.5. The van der Waals surface area contributed by atoms with E-state index in [2.05, 4.69) is 17.9 Å². The molecule has 1 N–H and O–H groups in total. The Bertz CT molecular complexity index is 603. The number of amides is 1. The zero-order chi connectivity index (χ0) is 13.1. The van der Waals surface area contributed by atoms with Crippen LogP contribution in [-0.4, -0.2) is 5.91 Å². The van der Waals surface area contributed by atoms with Crippen LogP contribution in [0, 0.1) is 5.82 Å². The molecule has 0 bridgehead atoms. The lowest BCUT2D eigenvalue weighted by molar-refractivity contribution is 0.102. The molecule has 1 amide bonds. The van der Waals surface area contributed by atoms with Crippen molar-refractivity contribution in [2.45, 2.75) is 4.90 Å². The smallest absolute Gasteiger partial charge is 0.257 e. The van der Waals surface area contributed by atoms with Gasteiger partial charge in [-0.1, -0.05) is 17.7 Å². The molecule has 0 aliphatic heterocycles. The van der Waals surface area contributed by atoms with Gasteiger partial charge in [0.05, 0.1) is 10.6 Å². The standard InChI is InChI=1S/C13H9ClFNOS/c14-12-5-4-10(18)7-11(12)13(17)16-9-3-1-2-8(15)6-9/h1-7,18H,(H,16,17). The van der Waals surface area contributed by atoms with Crippen molar-refractivity contribution in [2.24, 2.45) is 0 Å². The molecule has 0 fully saturated rings. The van der Waals surface area contributed by atoms with E-state index in [0.717, 1.165) is 0 Å². The normalized spacial score (nSPS) is 10.2. The Morgan fingerprint density at radius 2 is 2.00 bits per heavy atom. The third-order valence-corrected chi connectivity index (χ3v) is 2.88. The molecule has 0 unspecified atom stereocenters. The maximum atomic E-state index is 13.0. The van der Waals surface area contributed by atoms with E-state index >= 15 is 0 Å². The number of carbonyl (C=O) groups excluding carboxylic acids is 1. The van der Waals surface area contributed by atoms with Crippen molar-refractivity contribution in [1.82, 2.24) is 0 Å². The van der Waals surface area contributed by atoms with E-state index in [-0.39, 0.29) is 0 Å². The molecule has 0 atom stereocenters. The number of carbonyl (C=O) groups is 1. The second-order valence-corrected chi connectivity index (χ2v) is 4.55. The van der Waals surface area contributed by atoms with E-state index in [4.69, 9.17) is 11.6 Å². The summed E-state index contributed by atoms with van der Waals surface area (Å²) in [6, 6.07) is 10.5. The fourth-order valence-electron chi connectivity index (χ4n) is 1.45. The van der Waals surface area contributed by atoms with Crippen LogP contribution < -0.4 is 5.32 Å². The first-order valence-corrected chi connectivity index (χ1v) is 5.94. The average Bonchev–Trinajstić information content (AvgIpc) is 2.32. The number of hydrogen-bond donors (Lipinski definition) is 2. The minimum Gasteiger partial charge on any atom is -0.322 e. The van der Waals surface area contributed by atoms with Gasteiger partial charge in [-0.15, -0.1) is 12.6 Å². The Morgan fingerprint density at radius 1 is 1.22 bits per heavy atom. The van der Waals surface area contributed by atoms with Crippen molar-refractivity contribution in [1.29, 1.82) is 0 Å². The first-order chi connectivity index (χ1) is 8.56. The van der Waals surface area contributed by atoms with Crippen LogP contribution in [0.2, 0.25) is 5.02 Å². The number of anilines is 1. The molecule has 0 saturated carbocycles. The number of halogens is 2. The SMILES string of the molecule is O=C(Nc1cccc(F)c1)c1cc(S)ccc1Cl. The van der Waals surface area contributed by atoms with Crippen LogP contribution in [0.5, 0.6) is 0 Å². The van der Waals surface area contributed by atoms with Crippen molar-refractivity contribution in [2.75, 3.05) is 5.32 Å². The van der Waals surface area contributed by atoms with Crippen LogP contribution in [0.15, 0.2) is 47.4 Å². The minimum absolute atomic E-state index is 0.299. The van der Waals surface area contributed by atoms with Crippen molar-refractivity contribution in [3.05, 3.63) is 58.9 Å². The molecule has 18 heavy (non-hydrogen) atoms. The molecule has 2 nitrogen and oxygen atoms in total. The van der Waals surface area contributed by atoms with Crippen LogP contribution in [0.1, 0.15) is 10.4 Å². The lowest BCUT2D eigenvalue weighted by Crippen LogP contribution is -2.12. The average molecular weight is 282 g/mol. The van der Waals surface area contributed by atoms with Crippen LogP contribution in [-0.2, 0) is 0 Å². The van der Waals surface area contributed by atoms with Crippen molar-refractivity contribution in [3.63, 3.8) is 0 Å². The van der Waals surface area contributed by atoms with Gasteiger partial charge in [-0.05, 0) is 36.4 Å². The minimum atomic E-state index is -0.415. The third kappa shape index (κ3) is 3.03. The summed E-state index contributed by atoms with van der Waals surface area (Å²) in [6.07, 6.45) is 0. The third-order valence-electron chi connectivity index (χ3n) is 2.28. The maximum Gasteiger partial charge on any atom is 0.257 e. The highest BCUT2D eigenvalue weighted by Crippen LogP contribution is 2.21. The number of benzene rings is 2. The summed E-state index contributed by atoms with van der Waals surface area (Å²) in [7, 11) is 0. The Morgan fingerprint density at radius 3 is 2.72 bits per heavy atom. The van der Waals surface area contributed by atoms with E-state index in [9.17, 15) is 9.18 Å². The highest BCUT2D eigenvalue weighted by molar-refractivity contribution is 7.80. The quantitative estimate of drug-likeness (QED) is 0.800. The number of nitrogens with one attached hydrogen (secondary N) is 1. The number of hydrogen-bond acceptors (Lipinski definition) is 2. The summed E-state index contributed by atoms with van der Waals surface area (Å²) in [5.41, 5.74) is 0.675. The van der Waals surface area contributed by atoms with Gasteiger partial charge < -0.3 is 5.32 Å². The molecular weight excluding hydrogens is 273 g/mol. The Labute approximate surface area is 114 Å². The summed E-state index contributed by atoms with van der Waals surface area (Å²) in [4.78, 5) is 12.6. The Hall–Kier alpha value is -1.52. The zero-order valence-electron chi connectivity index (χ0n) is 9.15. The summed E-state index contributed by atoms with van der Waals surface area (Å²) in [6.45, 7) is 0. The second-order valence-electron chi connectivity index (χ2n) is 3.63. The Balaban J connectivity index is 2.24. The fraction of sp³-hybridized carbons (Fsp3) is 0. The molecule has 0 heterocycles. The summed E-state index contributed by atoms with van der Waals surface area (Å²) in [5, 5.41) is 2.89. The van der Waals surface area contributed by atoms with Gasteiger partial charge in [0.25, 0.3) is 5.91 Å². The van der Waals surface area contributed by atoms with Gasteiger partial charge in [-0.2, -0.15) is 0 Å². The van der Waals surface area contributed by atoms with Gasteiger partial charge >= 0.3 is 0 Å². The van der Waals surface area contributed by atoms with E-state index in [1.807, 2.05) is 0 Å². The number of rotatable bonds is 2. The van der Waals surface area contributed by atoms with Gasteiger partial charge in [0.2, 0.25) is 0 Å². The van der Waals surface area contributed by atoms with Crippen LogP contribution in [0.3, 0.4) is 0 Å². The second kappa shape index (κ2) is 5.42. The van der Waals surface area contributed by atoms with Crippen molar-refractivity contribution in [3.8, 4) is 0 Å². The molecule has 0 aliphatic rings. The van der Waals surface area contributed by atoms with E-state index in [1.165, 1.54) is 18.2 Å². The molecule has 0 aromatic heterocycles. The lowest BCUT2D eigenvalue weighted by Gasteiger charge is -2.07. The van der Waals surface area contributed by atoms with Gasteiger partial charge in [0, 0.05) is 10.6 Å². The van der Waals surface area contributed by atoms with Gasteiger partial charge in [0.15, 0.2) is 0 Å². The predicted octanol–water partition coefficient (Wildman–Crippen LogP) is 4.02. The summed E-state index contributed by atoms with van der Waals surface area (Å²) in [5.74, 6) is -0.816. The molecular formula is C13H9ClFNOS. The first kappa shape index (κ1) is 12.9. The predicted molar refractivity (Wildman–Crippen MR) is 73.1 cm³/mol. The van der Waals surface area contributed by atoms with Gasteiger partial charge in [0.1, 0.15) is 5.82 Å². The lowest BCUT2D eigenvalue weighted by atomic mass is 10.2. The van der Waals surface area contributed by atoms with E-state index < -0.39 is 11.7 Å². The first-order valence-electron chi connectivity index (χ1n) is 5.12. The van der Waals surface area contributed by atoms with Crippen LogP contribution in [0.4, 0.5) is 10.1 Å². The highest BCUT2D eigenvalue weighted by Gasteiger charge is 2.11. The molecule has 0 aliphatic carbocycles. The Kier molecular flexibility index (Phi) is 3.89. The molecule has 2 rings (SSSR count). The molecule has 2 aromatic carbocycles. The molecule has 0 spiro atoms. The summed E-state index contributed by atoms with van der Waals surface area (Å²) < 4.78 is 13.0.